The molecular formula is C20H32O. The van der Waals surface area contributed by atoms with Crippen LogP contribution in [0.25, 0.3) is 0 Å². The summed E-state index contributed by atoms with van der Waals surface area (Å²) in [6, 6.07) is 0. The monoisotopic (exact) mass is 288 g/mol. The van der Waals surface area contributed by atoms with Crippen LogP contribution in [0.2, 0.25) is 0 Å². The summed E-state index contributed by atoms with van der Waals surface area (Å²) in [7, 11) is 0. The van der Waals surface area contributed by atoms with Gasteiger partial charge in [0.05, 0.1) is 5.60 Å². The highest BCUT2D eigenvalue weighted by Gasteiger charge is 2.65. The van der Waals surface area contributed by atoms with Gasteiger partial charge in [-0.3, -0.25) is 0 Å². The Morgan fingerprint density at radius 2 is 1.71 bits per heavy atom. The highest BCUT2D eigenvalue weighted by Crippen LogP contribution is 2.72. The average Bonchev–Trinajstić information content (AvgIpc) is 2.54. The number of hydrogen-bond donors (Lipinski definition) is 1. The topological polar surface area (TPSA) is 20.2 Å². The number of rotatable bonds is 0. The Kier molecular flexibility index (Phi) is 2.70. The van der Waals surface area contributed by atoms with E-state index in [1.165, 1.54) is 38.5 Å². The lowest BCUT2D eigenvalue weighted by Gasteiger charge is -2.64. The maximum Gasteiger partial charge on any atom is 0.0860 e. The Labute approximate surface area is 130 Å². The summed E-state index contributed by atoms with van der Waals surface area (Å²) in [5, 5.41) is 10.9. The summed E-state index contributed by atoms with van der Waals surface area (Å²) in [5.41, 5.74) is 2.05. The zero-order chi connectivity index (χ0) is 15.1. The molecule has 5 atom stereocenters. The first-order valence-corrected chi connectivity index (χ1v) is 9.13. The van der Waals surface area contributed by atoms with Crippen LogP contribution in [0.5, 0.6) is 0 Å². The molecule has 0 saturated heterocycles. The lowest BCUT2D eigenvalue weighted by atomic mass is 9.41. The van der Waals surface area contributed by atoms with Crippen molar-refractivity contribution in [1.82, 2.24) is 0 Å². The van der Waals surface area contributed by atoms with Crippen LogP contribution in [-0.4, -0.2) is 10.7 Å². The van der Waals surface area contributed by atoms with E-state index in [9.17, 15) is 5.11 Å². The minimum Gasteiger partial charge on any atom is -0.386 e. The van der Waals surface area contributed by atoms with Gasteiger partial charge < -0.3 is 5.11 Å². The standard InChI is InChI=1S/C20H32O/c1-14-12-19-10-6-15-17(2,3)8-5-9-18(15,4)16(19)7-11-20(14,21)13-19/h15-16,21H,1,5-13H2,2-4H3/t15-,16+,18-,19-,20-/m0/s1. The maximum absolute atomic E-state index is 10.9. The summed E-state index contributed by atoms with van der Waals surface area (Å²) in [4.78, 5) is 0. The van der Waals surface area contributed by atoms with Crippen LogP contribution in [0, 0.1) is 28.1 Å². The molecular weight excluding hydrogens is 256 g/mol. The minimum absolute atomic E-state index is 0.392. The van der Waals surface area contributed by atoms with Crippen molar-refractivity contribution < 1.29 is 5.11 Å². The fourth-order valence-electron chi connectivity index (χ4n) is 7.68. The Balaban J connectivity index is 1.75. The molecule has 0 heterocycles. The molecule has 0 aromatic rings. The number of fused-ring (bicyclic) bond motifs is 3. The fourth-order valence-corrected chi connectivity index (χ4v) is 7.68. The predicted molar refractivity (Wildman–Crippen MR) is 86.9 cm³/mol. The van der Waals surface area contributed by atoms with E-state index in [1.807, 2.05) is 0 Å². The summed E-state index contributed by atoms with van der Waals surface area (Å²) in [6.45, 7) is 11.9. The van der Waals surface area contributed by atoms with Gasteiger partial charge in [-0.25, -0.2) is 0 Å². The van der Waals surface area contributed by atoms with Gasteiger partial charge in [0, 0.05) is 0 Å². The molecule has 0 unspecified atom stereocenters. The van der Waals surface area contributed by atoms with Gasteiger partial charge >= 0.3 is 0 Å². The first-order valence-electron chi connectivity index (χ1n) is 9.13. The molecule has 21 heavy (non-hydrogen) atoms. The molecule has 1 nitrogen and oxygen atoms in total. The first kappa shape index (κ1) is 14.3. The van der Waals surface area contributed by atoms with Crippen LogP contribution in [0.4, 0.5) is 0 Å². The Morgan fingerprint density at radius 3 is 2.48 bits per heavy atom. The van der Waals surface area contributed by atoms with Crippen molar-refractivity contribution in [2.45, 2.75) is 84.2 Å². The maximum atomic E-state index is 10.9. The predicted octanol–water partition coefficient (Wildman–Crippen LogP) is 5.09. The highest BCUT2D eigenvalue weighted by atomic mass is 16.3. The van der Waals surface area contributed by atoms with Crippen molar-refractivity contribution in [1.29, 1.82) is 0 Å². The van der Waals surface area contributed by atoms with Crippen molar-refractivity contribution >= 4 is 0 Å². The van der Waals surface area contributed by atoms with Crippen LogP contribution in [0.3, 0.4) is 0 Å². The van der Waals surface area contributed by atoms with Crippen molar-refractivity contribution in [2.24, 2.45) is 28.1 Å². The van der Waals surface area contributed by atoms with Gasteiger partial charge in [-0.05, 0) is 85.0 Å². The summed E-state index contributed by atoms with van der Waals surface area (Å²) >= 11 is 0. The molecule has 4 rings (SSSR count). The molecule has 0 amide bonds. The van der Waals surface area contributed by atoms with Crippen LogP contribution in [0.15, 0.2) is 12.2 Å². The molecule has 4 aliphatic rings. The van der Waals surface area contributed by atoms with E-state index in [1.54, 1.807) is 0 Å². The first-order chi connectivity index (χ1) is 9.72. The van der Waals surface area contributed by atoms with E-state index in [-0.39, 0.29) is 0 Å². The lowest BCUT2D eigenvalue weighted by Crippen LogP contribution is -2.57. The third-order valence-corrected chi connectivity index (χ3v) is 8.46. The zero-order valence-electron chi connectivity index (χ0n) is 14.2. The molecule has 0 aromatic heterocycles. The van der Waals surface area contributed by atoms with Crippen LogP contribution >= 0.6 is 0 Å². The molecule has 4 saturated carbocycles. The smallest absolute Gasteiger partial charge is 0.0860 e. The SMILES string of the molecule is C=C1C[C@]23CC[C@H]4C(C)(C)CCC[C@]4(C)[C@H]2CC[C@]1(O)C3. The quantitative estimate of drug-likeness (QED) is 0.616. The second kappa shape index (κ2) is 3.96. The molecule has 1 N–H and O–H groups in total. The normalized spacial score (nSPS) is 55.0. The van der Waals surface area contributed by atoms with Crippen LogP contribution in [-0.2, 0) is 0 Å². The van der Waals surface area contributed by atoms with Crippen molar-refractivity contribution in [3.8, 4) is 0 Å². The van der Waals surface area contributed by atoms with Gasteiger partial charge in [-0.1, -0.05) is 33.8 Å². The van der Waals surface area contributed by atoms with Crippen LogP contribution in [0.1, 0.15) is 78.6 Å². The van der Waals surface area contributed by atoms with Crippen molar-refractivity contribution in [2.75, 3.05) is 0 Å². The highest BCUT2D eigenvalue weighted by molar-refractivity contribution is 5.29. The summed E-state index contributed by atoms with van der Waals surface area (Å²) in [5.74, 6) is 1.71. The van der Waals surface area contributed by atoms with E-state index in [0.717, 1.165) is 36.7 Å². The Morgan fingerprint density at radius 1 is 1.00 bits per heavy atom. The molecule has 0 aliphatic heterocycles. The minimum atomic E-state index is -0.510. The summed E-state index contributed by atoms with van der Waals surface area (Å²) < 4.78 is 0. The van der Waals surface area contributed by atoms with E-state index < -0.39 is 5.60 Å². The largest absolute Gasteiger partial charge is 0.386 e. The summed E-state index contributed by atoms with van der Waals surface area (Å²) in [6.07, 6.45) is 11.3. The Hall–Kier alpha value is -0.300. The molecule has 4 aliphatic carbocycles. The van der Waals surface area contributed by atoms with Gasteiger partial charge in [-0.2, -0.15) is 0 Å². The zero-order valence-corrected chi connectivity index (χ0v) is 14.2. The van der Waals surface area contributed by atoms with Gasteiger partial charge in [0.15, 0.2) is 0 Å². The second-order valence-corrected chi connectivity index (χ2v) is 9.88. The molecule has 118 valence electrons. The molecule has 1 heteroatoms. The van der Waals surface area contributed by atoms with Crippen molar-refractivity contribution in [3.05, 3.63) is 12.2 Å². The van der Waals surface area contributed by atoms with Gasteiger partial charge in [0.2, 0.25) is 0 Å². The average molecular weight is 288 g/mol. The molecule has 4 fully saturated rings. The van der Waals surface area contributed by atoms with Gasteiger partial charge in [0.1, 0.15) is 0 Å². The van der Waals surface area contributed by atoms with Gasteiger partial charge in [0.25, 0.3) is 0 Å². The number of hydrogen-bond acceptors (Lipinski definition) is 1. The van der Waals surface area contributed by atoms with E-state index in [4.69, 9.17) is 0 Å². The third kappa shape index (κ3) is 1.68. The van der Waals surface area contributed by atoms with Crippen molar-refractivity contribution in [3.63, 3.8) is 0 Å². The second-order valence-electron chi connectivity index (χ2n) is 9.88. The third-order valence-electron chi connectivity index (χ3n) is 8.46. The van der Waals surface area contributed by atoms with Gasteiger partial charge in [-0.15, -0.1) is 0 Å². The van der Waals surface area contributed by atoms with E-state index >= 15 is 0 Å². The van der Waals surface area contributed by atoms with Crippen LogP contribution < -0.4 is 0 Å². The molecule has 1 spiro atoms. The Bertz CT molecular complexity index is 492. The van der Waals surface area contributed by atoms with E-state index in [2.05, 4.69) is 27.4 Å². The van der Waals surface area contributed by atoms with E-state index in [0.29, 0.717) is 16.2 Å². The lowest BCUT2D eigenvalue weighted by molar-refractivity contribution is -0.159. The molecule has 2 bridgehead atoms. The number of aliphatic hydroxyl groups is 1. The fraction of sp³-hybridized carbons (Fsp3) is 0.900. The molecule has 0 aromatic carbocycles. The molecule has 0 radical (unpaired) electrons.